The van der Waals surface area contributed by atoms with E-state index in [1.807, 2.05) is 77.1 Å². The maximum atomic E-state index is 13.7. The molecule has 0 aliphatic carbocycles. The quantitative estimate of drug-likeness (QED) is 0.316. The van der Waals surface area contributed by atoms with E-state index < -0.39 is 0 Å². The fourth-order valence-corrected chi connectivity index (χ4v) is 5.11. The standard InChI is InChI=1S/C29H25Cl2N3O2/c1-20-23(19-27(21-9-3-2-4-10-21)34(20)26-14-8-7-13-25(26)31)29(36)33-17-15-32(16-18-33)28(35)22-11-5-6-12-24(22)30/h2-14,19H,15-18H2,1H3. The van der Waals surface area contributed by atoms with Gasteiger partial charge in [-0.1, -0.05) is 77.8 Å². The third kappa shape index (κ3) is 4.52. The predicted octanol–water partition coefficient (Wildman–Crippen LogP) is 6.36. The molecule has 7 heteroatoms. The molecule has 1 aliphatic heterocycles. The van der Waals surface area contributed by atoms with Crippen LogP contribution >= 0.6 is 23.2 Å². The summed E-state index contributed by atoms with van der Waals surface area (Å²) in [7, 11) is 0. The van der Waals surface area contributed by atoms with Crippen LogP contribution in [-0.4, -0.2) is 52.4 Å². The lowest BCUT2D eigenvalue weighted by atomic mass is 10.1. The van der Waals surface area contributed by atoms with Crippen molar-refractivity contribution in [3.8, 4) is 16.9 Å². The molecule has 0 saturated carbocycles. The van der Waals surface area contributed by atoms with E-state index in [4.69, 9.17) is 23.2 Å². The number of carbonyl (C=O) groups excluding carboxylic acids is 2. The minimum atomic E-state index is -0.111. The second-order valence-corrected chi connectivity index (χ2v) is 9.56. The van der Waals surface area contributed by atoms with Gasteiger partial charge in [-0.2, -0.15) is 0 Å². The van der Waals surface area contributed by atoms with Gasteiger partial charge in [0.1, 0.15) is 0 Å². The van der Waals surface area contributed by atoms with Gasteiger partial charge in [-0.05, 0) is 42.8 Å². The molecule has 1 aliphatic rings. The summed E-state index contributed by atoms with van der Waals surface area (Å²) in [5.41, 5.74) is 4.65. The van der Waals surface area contributed by atoms with E-state index in [-0.39, 0.29) is 11.8 Å². The summed E-state index contributed by atoms with van der Waals surface area (Å²) in [6, 6.07) is 26.6. The van der Waals surface area contributed by atoms with Crippen LogP contribution in [0, 0.1) is 6.92 Å². The Labute approximate surface area is 220 Å². The minimum absolute atomic E-state index is 0.0553. The summed E-state index contributed by atoms with van der Waals surface area (Å²) in [4.78, 5) is 30.2. The first-order valence-electron chi connectivity index (χ1n) is 11.8. The molecule has 2 heterocycles. The molecular formula is C29H25Cl2N3O2. The lowest BCUT2D eigenvalue weighted by Gasteiger charge is -2.35. The molecule has 0 bridgehead atoms. The number of hydrogen-bond acceptors (Lipinski definition) is 2. The number of halogens is 2. The minimum Gasteiger partial charge on any atom is -0.335 e. The van der Waals surface area contributed by atoms with E-state index in [0.29, 0.717) is 47.4 Å². The molecule has 0 atom stereocenters. The smallest absolute Gasteiger partial charge is 0.255 e. The van der Waals surface area contributed by atoms with Gasteiger partial charge < -0.3 is 14.4 Å². The average molecular weight is 518 g/mol. The van der Waals surface area contributed by atoms with Crippen LogP contribution < -0.4 is 0 Å². The Kier molecular flexibility index (Phi) is 6.86. The Hall–Kier alpha value is -3.54. The number of amides is 2. The summed E-state index contributed by atoms with van der Waals surface area (Å²) in [5, 5.41) is 1.05. The van der Waals surface area contributed by atoms with Gasteiger partial charge in [0.05, 0.1) is 32.6 Å². The van der Waals surface area contributed by atoms with Crippen molar-refractivity contribution < 1.29 is 9.59 Å². The highest BCUT2D eigenvalue weighted by atomic mass is 35.5. The van der Waals surface area contributed by atoms with E-state index in [0.717, 1.165) is 22.6 Å². The number of benzene rings is 3. The third-order valence-corrected chi connectivity index (χ3v) is 7.25. The second-order valence-electron chi connectivity index (χ2n) is 8.75. The summed E-state index contributed by atoms with van der Waals surface area (Å²) in [6.45, 7) is 3.75. The number of rotatable bonds is 4. The molecule has 5 rings (SSSR count). The highest BCUT2D eigenvalue weighted by Crippen LogP contribution is 2.33. The molecule has 0 radical (unpaired) electrons. The molecule has 3 aromatic carbocycles. The van der Waals surface area contributed by atoms with Crippen molar-refractivity contribution in [2.75, 3.05) is 26.2 Å². The molecule has 0 spiro atoms. The predicted molar refractivity (Wildman–Crippen MR) is 144 cm³/mol. The Morgan fingerprint density at radius 1 is 0.667 bits per heavy atom. The van der Waals surface area contributed by atoms with Crippen LogP contribution in [0.5, 0.6) is 0 Å². The van der Waals surface area contributed by atoms with E-state index >= 15 is 0 Å². The Balaban J connectivity index is 1.42. The average Bonchev–Trinajstić information content (AvgIpc) is 3.25. The van der Waals surface area contributed by atoms with Crippen LogP contribution in [0.4, 0.5) is 0 Å². The summed E-state index contributed by atoms with van der Waals surface area (Å²) in [5.74, 6) is -0.166. The van der Waals surface area contributed by atoms with E-state index in [1.165, 1.54) is 0 Å². The maximum Gasteiger partial charge on any atom is 0.255 e. The van der Waals surface area contributed by atoms with Gasteiger partial charge in [0.15, 0.2) is 0 Å². The van der Waals surface area contributed by atoms with Crippen LogP contribution in [0.2, 0.25) is 10.0 Å². The zero-order chi connectivity index (χ0) is 25.2. The van der Waals surface area contributed by atoms with Gasteiger partial charge in [-0.3, -0.25) is 9.59 Å². The lowest BCUT2D eigenvalue weighted by molar-refractivity contribution is 0.0535. The van der Waals surface area contributed by atoms with E-state index in [2.05, 4.69) is 0 Å². The topological polar surface area (TPSA) is 45.6 Å². The van der Waals surface area contributed by atoms with Gasteiger partial charge in [-0.15, -0.1) is 0 Å². The molecule has 4 aromatic rings. The monoisotopic (exact) mass is 517 g/mol. The molecule has 182 valence electrons. The van der Waals surface area contributed by atoms with E-state index in [1.54, 1.807) is 29.2 Å². The van der Waals surface area contributed by atoms with Crippen molar-refractivity contribution in [1.82, 2.24) is 14.4 Å². The van der Waals surface area contributed by atoms with Gasteiger partial charge >= 0.3 is 0 Å². The van der Waals surface area contributed by atoms with Crippen molar-refractivity contribution in [2.45, 2.75) is 6.92 Å². The summed E-state index contributed by atoms with van der Waals surface area (Å²) < 4.78 is 2.04. The number of aromatic nitrogens is 1. The van der Waals surface area contributed by atoms with Crippen LogP contribution in [-0.2, 0) is 0 Å². The molecule has 1 saturated heterocycles. The number of piperazine rings is 1. The largest absolute Gasteiger partial charge is 0.335 e. The first kappa shape index (κ1) is 24.2. The third-order valence-electron chi connectivity index (χ3n) is 6.60. The molecule has 1 aromatic heterocycles. The molecule has 2 amide bonds. The van der Waals surface area contributed by atoms with Crippen molar-refractivity contribution in [2.24, 2.45) is 0 Å². The van der Waals surface area contributed by atoms with Crippen molar-refractivity contribution >= 4 is 35.0 Å². The van der Waals surface area contributed by atoms with Crippen LogP contribution in [0.3, 0.4) is 0 Å². The Morgan fingerprint density at radius 2 is 1.19 bits per heavy atom. The number of carbonyl (C=O) groups is 2. The normalized spacial score (nSPS) is 13.6. The van der Waals surface area contributed by atoms with Gasteiger partial charge in [0, 0.05) is 31.9 Å². The summed E-state index contributed by atoms with van der Waals surface area (Å²) >= 11 is 12.8. The van der Waals surface area contributed by atoms with E-state index in [9.17, 15) is 9.59 Å². The zero-order valence-electron chi connectivity index (χ0n) is 19.8. The highest BCUT2D eigenvalue weighted by molar-refractivity contribution is 6.33. The molecule has 0 N–H and O–H groups in total. The van der Waals surface area contributed by atoms with Crippen LogP contribution in [0.25, 0.3) is 16.9 Å². The number of nitrogens with zero attached hydrogens (tertiary/aromatic N) is 3. The molecule has 0 unspecified atom stereocenters. The van der Waals surface area contributed by atoms with Crippen molar-refractivity contribution in [1.29, 1.82) is 0 Å². The lowest BCUT2D eigenvalue weighted by Crippen LogP contribution is -2.50. The fourth-order valence-electron chi connectivity index (χ4n) is 4.68. The highest BCUT2D eigenvalue weighted by Gasteiger charge is 2.29. The molecular weight excluding hydrogens is 493 g/mol. The van der Waals surface area contributed by atoms with Gasteiger partial charge in [-0.25, -0.2) is 0 Å². The SMILES string of the molecule is Cc1c(C(=O)N2CCN(C(=O)c3ccccc3Cl)CC2)cc(-c2ccccc2)n1-c1ccccc1Cl. The number of hydrogen-bond donors (Lipinski definition) is 0. The Bertz CT molecular complexity index is 1420. The fraction of sp³-hybridized carbons (Fsp3) is 0.172. The first-order chi connectivity index (χ1) is 17.5. The van der Waals surface area contributed by atoms with Crippen molar-refractivity contribution in [3.05, 3.63) is 112 Å². The molecule has 1 fully saturated rings. The summed E-state index contributed by atoms with van der Waals surface area (Å²) in [6.07, 6.45) is 0. The second kappa shape index (κ2) is 10.2. The Morgan fingerprint density at radius 3 is 1.81 bits per heavy atom. The first-order valence-corrected chi connectivity index (χ1v) is 12.6. The van der Waals surface area contributed by atoms with Crippen LogP contribution in [0.1, 0.15) is 26.4 Å². The van der Waals surface area contributed by atoms with Crippen LogP contribution in [0.15, 0.2) is 84.9 Å². The van der Waals surface area contributed by atoms with Gasteiger partial charge in [0.25, 0.3) is 11.8 Å². The number of para-hydroxylation sites is 1. The zero-order valence-corrected chi connectivity index (χ0v) is 21.3. The maximum absolute atomic E-state index is 13.7. The van der Waals surface area contributed by atoms with Gasteiger partial charge in [0.2, 0.25) is 0 Å². The molecule has 5 nitrogen and oxygen atoms in total. The molecule has 36 heavy (non-hydrogen) atoms. The van der Waals surface area contributed by atoms with Crippen molar-refractivity contribution in [3.63, 3.8) is 0 Å².